The van der Waals surface area contributed by atoms with Gasteiger partial charge in [0.15, 0.2) is 0 Å². The van der Waals surface area contributed by atoms with E-state index in [0.717, 1.165) is 25.8 Å². The number of anilines is 1. The summed E-state index contributed by atoms with van der Waals surface area (Å²) in [6.45, 7) is 1.92. The predicted molar refractivity (Wildman–Crippen MR) is 88.6 cm³/mol. The average molecular weight is 346 g/mol. The van der Waals surface area contributed by atoms with Gasteiger partial charge in [-0.1, -0.05) is 6.42 Å². The minimum absolute atomic E-state index is 0. The molecule has 1 atom stereocenters. The van der Waals surface area contributed by atoms with Gasteiger partial charge in [0, 0.05) is 19.9 Å². The van der Waals surface area contributed by atoms with Crippen molar-refractivity contribution in [3.63, 3.8) is 0 Å². The molecule has 1 aromatic rings. The second-order valence-corrected chi connectivity index (χ2v) is 5.26. The van der Waals surface area contributed by atoms with Crippen LogP contribution in [-0.4, -0.2) is 54.4 Å². The van der Waals surface area contributed by atoms with Crippen molar-refractivity contribution in [3.8, 4) is 0 Å². The van der Waals surface area contributed by atoms with E-state index in [1.165, 1.54) is 4.68 Å². The predicted octanol–water partition coefficient (Wildman–Crippen LogP) is 0.148. The van der Waals surface area contributed by atoms with E-state index in [1.54, 1.807) is 19.5 Å². The smallest absolute Gasteiger partial charge is 0.241 e. The van der Waals surface area contributed by atoms with E-state index in [4.69, 9.17) is 4.74 Å². The zero-order valence-corrected chi connectivity index (χ0v) is 14.0. The standard InChI is InChI=1S/C14H23N5O3.ClH/c1-22-7-6-16-13(20)10-19-9-11(8-17-19)18-14(21)12-4-2-3-5-15-12;/h8-9,12,15H,2-7,10H2,1H3,(H,16,20)(H,18,21);1H. The summed E-state index contributed by atoms with van der Waals surface area (Å²) < 4.78 is 6.35. The molecule has 9 heteroatoms. The highest BCUT2D eigenvalue weighted by atomic mass is 35.5. The highest BCUT2D eigenvalue weighted by Gasteiger charge is 2.20. The number of rotatable bonds is 7. The number of ether oxygens (including phenoxy) is 1. The van der Waals surface area contributed by atoms with Crippen LogP contribution in [0, 0.1) is 0 Å². The topological polar surface area (TPSA) is 97.3 Å². The molecule has 0 saturated carbocycles. The Balaban J connectivity index is 0.00000264. The lowest BCUT2D eigenvalue weighted by Gasteiger charge is -2.22. The zero-order valence-electron chi connectivity index (χ0n) is 13.2. The van der Waals surface area contributed by atoms with Gasteiger partial charge in [-0.2, -0.15) is 5.10 Å². The van der Waals surface area contributed by atoms with Crippen molar-refractivity contribution < 1.29 is 14.3 Å². The first-order chi connectivity index (χ1) is 10.7. The first kappa shape index (κ1) is 19.4. The number of hydrogen-bond acceptors (Lipinski definition) is 5. The van der Waals surface area contributed by atoms with Gasteiger partial charge in [0.05, 0.1) is 24.5 Å². The molecular weight excluding hydrogens is 322 g/mol. The molecule has 2 amide bonds. The lowest BCUT2D eigenvalue weighted by molar-refractivity contribution is -0.122. The van der Waals surface area contributed by atoms with Crippen molar-refractivity contribution in [2.45, 2.75) is 31.8 Å². The molecule has 0 aliphatic carbocycles. The summed E-state index contributed by atoms with van der Waals surface area (Å²) in [5.74, 6) is -0.198. The molecule has 1 aromatic heterocycles. The van der Waals surface area contributed by atoms with E-state index in [-0.39, 0.29) is 36.8 Å². The third-order valence-electron chi connectivity index (χ3n) is 3.46. The first-order valence-corrected chi connectivity index (χ1v) is 7.51. The maximum Gasteiger partial charge on any atom is 0.241 e. The summed E-state index contributed by atoms with van der Waals surface area (Å²) >= 11 is 0. The van der Waals surface area contributed by atoms with Gasteiger partial charge in [-0.3, -0.25) is 14.3 Å². The SMILES string of the molecule is COCCNC(=O)Cn1cc(NC(=O)C2CCCCN2)cn1.Cl. The number of nitrogens with zero attached hydrogens (tertiary/aromatic N) is 2. The largest absolute Gasteiger partial charge is 0.383 e. The maximum atomic E-state index is 12.1. The Morgan fingerprint density at radius 3 is 3.00 bits per heavy atom. The molecule has 2 heterocycles. The van der Waals surface area contributed by atoms with Crippen molar-refractivity contribution >= 4 is 29.9 Å². The van der Waals surface area contributed by atoms with E-state index in [9.17, 15) is 9.59 Å². The molecular formula is C14H24ClN5O3. The Bertz CT molecular complexity index is 502. The van der Waals surface area contributed by atoms with Crippen molar-refractivity contribution in [3.05, 3.63) is 12.4 Å². The van der Waals surface area contributed by atoms with E-state index in [2.05, 4.69) is 21.0 Å². The number of methoxy groups -OCH3 is 1. The summed E-state index contributed by atoms with van der Waals surface area (Å²) in [4.78, 5) is 23.7. The Labute approximate surface area is 141 Å². The van der Waals surface area contributed by atoms with Gasteiger partial charge < -0.3 is 20.7 Å². The number of piperidine rings is 1. The zero-order chi connectivity index (χ0) is 15.8. The van der Waals surface area contributed by atoms with E-state index < -0.39 is 0 Å². The highest BCUT2D eigenvalue weighted by Crippen LogP contribution is 2.11. The Kier molecular flexibility index (Phi) is 8.60. The number of nitrogens with one attached hydrogen (secondary N) is 3. The molecule has 130 valence electrons. The van der Waals surface area contributed by atoms with Crippen molar-refractivity contribution in [2.24, 2.45) is 0 Å². The lowest BCUT2D eigenvalue weighted by Crippen LogP contribution is -2.43. The summed E-state index contributed by atoms with van der Waals surface area (Å²) in [5.41, 5.74) is 0.599. The van der Waals surface area contributed by atoms with Gasteiger partial charge in [-0.05, 0) is 19.4 Å². The molecule has 1 fully saturated rings. The Morgan fingerprint density at radius 2 is 2.30 bits per heavy atom. The molecule has 0 radical (unpaired) electrons. The number of amides is 2. The molecule has 0 spiro atoms. The van der Waals surface area contributed by atoms with Gasteiger partial charge in [0.2, 0.25) is 11.8 Å². The van der Waals surface area contributed by atoms with E-state index in [0.29, 0.717) is 18.8 Å². The third kappa shape index (κ3) is 6.55. The van der Waals surface area contributed by atoms with Crippen molar-refractivity contribution in [1.29, 1.82) is 0 Å². The molecule has 1 unspecified atom stereocenters. The fourth-order valence-corrected chi connectivity index (χ4v) is 2.32. The maximum absolute atomic E-state index is 12.1. The minimum Gasteiger partial charge on any atom is -0.383 e. The van der Waals surface area contributed by atoms with Crippen LogP contribution in [0.2, 0.25) is 0 Å². The second kappa shape index (κ2) is 10.2. The second-order valence-electron chi connectivity index (χ2n) is 5.26. The fourth-order valence-electron chi connectivity index (χ4n) is 2.32. The molecule has 23 heavy (non-hydrogen) atoms. The monoisotopic (exact) mass is 345 g/mol. The van der Waals surface area contributed by atoms with Crippen LogP contribution >= 0.6 is 12.4 Å². The first-order valence-electron chi connectivity index (χ1n) is 7.51. The molecule has 8 nitrogen and oxygen atoms in total. The van der Waals surface area contributed by atoms with Gasteiger partial charge in [0.25, 0.3) is 0 Å². The molecule has 0 aromatic carbocycles. The molecule has 0 bridgehead atoms. The van der Waals surface area contributed by atoms with Gasteiger partial charge in [-0.15, -0.1) is 12.4 Å². The van der Waals surface area contributed by atoms with Crippen LogP contribution < -0.4 is 16.0 Å². The average Bonchev–Trinajstić information content (AvgIpc) is 2.95. The third-order valence-corrected chi connectivity index (χ3v) is 3.46. The molecule has 1 aliphatic heterocycles. The van der Waals surface area contributed by atoms with Crippen molar-refractivity contribution in [1.82, 2.24) is 20.4 Å². The van der Waals surface area contributed by atoms with Crippen LogP contribution in [0.3, 0.4) is 0 Å². The highest BCUT2D eigenvalue weighted by molar-refractivity contribution is 5.94. The summed E-state index contributed by atoms with van der Waals surface area (Å²) in [7, 11) is 1.58. The van der Waals surface area contributed by atoms with Gasteiger partial charge in [0.1, 0.15) is 6.54 Å². The van der Waals surface area contributed by atoms with Crippen LogP contribution in [0.5, 0.6) is 0 Å². The van der Waals surface area contributed by atoms with Crippen molar-refractivity contribution in [2.75, 3.05) is 32.1 Å². The molecule has 3 N–H and O–H groups in total. The van der Waals surface area contributed by atoms with Gasteiger partial charge in [-0.25, -0.2) is 0 Å². The van der Waals surface area contributed by atoms with Crippen LogP contribution in [-0.2, 0) is 20.9 Å². The summed E-state index contributed by atoms with van der Waals surface area (Å²) in [6.07, 6.45) is 6.22. The minimum atomic E-state index is -0.146. The molecule has 2 rings (SSSR count). The van der Waals surface area contributed by atoms with E-state index >= 15 is 0 Å². The van der Waals surface area contributed by atoms with Crippen LogP contribution in [0.4, 0.5) is 5.69 Å². The quantitative estimate of drug-likeness (QED) is 0.611. The molecule has 1 aliphatic rings. The normalized spacial score (nSPS) is 17.2. The van der Waals surface area contributed by atoms with Crippen LogP contribution in [0.15, 0.2) is 12.4 Å². The van der Waals surface area contributed by atoms with Crippen LogP contribution in [0.1, 0.15) is 19.3 Å². The van der Waals surface area contributed by atoms with Crippen LogP contribution in [0.25, 0.3) is 0 Å². The fraction of sp³-hybridized carbons (Fsp3) is 0.643. The number of carbonyl (C=O) groups is 2. The summed E-state index contributed by atoms with van der Waals surface area (Å²) in [5, 5.41) is 12.8. The van der Waals surface area contributed by atoms with Gasteiger partial charge >= 0.3 is 0 Å². The number of carbonyl (C=O) groups excluding carboxylic acids is 2. The Hall–Kier alpha value is -1.64. The lowest BCUT2D eigenvalue weighted by atomic mass is 10.0. The van der Waals surface area contributed by atoms with E-state index in [1.807, 2.05) is 0 Å². The Morgan fingerprint density at radius 1 is 1.48 bits per heavy atom. The number of halogens is 1. The molecule has 1 saturated heterocycles. The number of hydrogen-bond donors (Lipinski definition) is 3. The summed E-state index contributed by atoms with van der Waals surface area (Å²) in [6, 6.07) is -0.144. The number of aromatic nitrogens is 2.